The zero-order valence-electron chi connectivity index (χ0n) is 49.6. The average Bonchev–Trinajstić information content (AvgIpc) is 3.36. The summed E-state index contributed by atoms with van der Waals surface area (Å²) in [5, 5.41) is 29.5. The number of allylic oxidation sites excluding steroid dienone is 4. The van der Waals surface area contributed by atoms with Crippen LogP contribution in [0.2, 0.25) is 0 Å². The van der Waals surface area contributed by atoms with Gasteiger partial charge >= 0.3 is 32.0 Å². The number of aliphatic hydroxyl groups is 2. The number of amides is 8. The number of cyclic esters (lactones) is 1. The summed E-state index contributed by atoms with van der Waals surface area (Å²) in [6, 6.07) is 4.81. The summed E-state index contributed by atoms with van der Waals surface area (Å²) < 4.78 is 49.0. The molecule has 2 aliphatic heterocycles. The summed E-state index contributed by atoms with van der Waals surface area (Å²) >= 11 is 6.14. The Hall–Kier alpha value is -6.44. The number of imide groups is 1. The molecule has 0 aliphatic carbocycles. The zero-order valence-corrected chi connectivity index (χ0v) is 53.7. The number of hydrogen-bond acceptors (Lipinski definition) is 19. The van der Waals surface area contributed by atoms with Crippen molar-refractivity contribution in [2.75, 3.05) is 91.8 Å². The maximum atomic E-state index is 13.7. The van der Waals surface area contributed by atoms with E-state index in [0.717, 1.165) is 4.90 Å². The summed E-state index contributed by atoms with van der Waals surface area (Å²) in [6.45, 7) is 5.97. The molecular weight excluding hydrogens is 1310 g/mol. The van der Waals surface area contributed by atoms with Crippen LogP contribution < -0.4 is 21.7 Å². The Morgan fingerprint density at radius 3 is 2.09 bits per heavy atom. The quantitative estimate of drug-likeness (QED) is 0.00863. The molecule has 0 aromatic heterocycles. The molecule has 1 aromatic carbocycles. The number of urea groups is 1. The second kappa shape index (κ2) is 39.5. The number of Topliss-reactive ketones (excluding diaryl/α,β-unsaturated/α-hetero) is 1. The van der Waals surface area contributed by atoms with Crippen molar-refractivity contribution in [2.24, 2.45) is 17.6 Å². The van der Waals surface area contributed by atoms with Crippen LogP contribution in [-0.4, -0.2) is 205 Å². The van der Waals surface area contributed by atoms with Crippen molar-refractivity contribution in [1.29, 1.82) is 0 Å². The van der Waals surface area contributed by atoms with E-state index in [9.17, 15) is 67.7 Å². The van der Waals surface area contributed by atoms with Crippen LogP contribution in [0.4, 0.5) is 20.1 Å². The minimum atomic E-state index is -5.10. The summed E-state index contributed by atoms with van der Waals surface area (Å²) in [7, 11) is -2.12. The molecule has 8 amide bonds. The van der Waals surface area contributed by atoms with Crippen LogP contribution in [0.15, 0.2) is 94.0 Å². The monoisotopic (exact) mass is 1390 g/mol. The Morgan fingerprint density at radius 1 is 0.886 bits per heavy atom. The normalized spacial score (nSPS) is 16.7. The number of ketones is 1. The molecule has 0 bridgehead atoms. The van der Waals surface area contributed by atoms with Gasteiger partial charge in [-0.2, -0.15) is 0 Å². The van der Waals surface area contributed by atoms with Crippen LogP contribution in [0.1, 0.15) is 64.9 Å². The third kappa shape index (κ3) is 29.7. The van der Waals surface area contributed by atoms with Gasteiger partial charge in [-0.25, -0.2) is 23.7 Å². The molecule has 0 unspecified atom stereocenters. The molecule has 28 nitrogen and oxygen atoms in total. The first-order valence-electron chi connectivity index (χ1n) is 27.9. The third-order valence-electron chi connectivity index (χ3n) is 12.9. The number of aliphatic hydroxyl groups excluding tert-OH is 1. The van der Waals surface area contributed by atoms with E-state index in [1.807, 2.05) is 0 Å². The van der Waals surface area contributed by atoms with Crippen molar-refractivity contribution in [3.63, 3.8) is 0 Å². The highest BCUT2D eigenvalue weighted by molar-refractivity contribution is 9.14. The predicted molar refractivity (Wildman–Crippen MR) is 326 cm³/mol. The Kier molecular flexibility index (Phi) is 34.1. The van der Waals surface area contributed by atoms with Gasteiger partial charge in [-0.3, -0.25) is 33.4 Å². The molecule has 0 fully saturated rings. The standard InChI is InChI=1S/C57H80Br2N7O21P/c1-38(2)50(63-46(69)22-29-81-31-33-83-34-32-82-30-27-66-52(72)48(58)49(59)53(66)73)44(68)35-40(13-12-24-61-54(60)74)51(71)62-41-19-17-39(18-20-41)37-85-56(76)65(5)26-25-64(4)55(75)84-28-10-8-6-7-9-14-42(67)36-45(87-88(78,79)80)57(3,77)23-21-43-15-11-16-47(70)86-43/h6-11,14,16-21,23,38,40,42-43,45,50,67,77H,12-13,15,22,24-37H2,1-5H3,(H,62,71)(H,63,69)(H3,60,61,74)(H2,78,79,80)/b7-6-,10-8+,14-9-,23-21+/t40-,42-,43+,45+,50+,57+/m1/s1. The Bertz CT molecular complexity index is 2730. The van der Waals surface area contributed by atoms with E-state index in [1.165, 1.54) is 73.4 Å². The third-order valence-corrected chi connectivity index (χ3v) is 15.4. The number of hydrogen-bond donors (Lipinski definition) is 8. The van der Waals surface area contributed by atoms with Crippen molar-refractivity contribution in [3.8, 4) is 0 Å². The highest BCUT2D eigenvalue weighted by Crippen LogP contribution is 2.41. The van der Waals surface area contributed by atoms with Gasteiger partial charge in [0.2, 0.25) is 11.8 Å². The summed E-state index contributed by atoms with van der Waals surface area (Å²) in [5.74, 6) is -3.94. The van der Waals surface area contributed by atoms with Crippen molar-refractivity contribution in [3.05, 3.63) is 99.6 Å². The molecule has 0 spiro atoms. The molecule has 9 N–H and O–H groups in total. The highest BCUT2D eigenvalue weighted by atomic mass is 79.9. The molecule has 6 atom stereocenters. The Morgan fingerprint density at radius 2 is 1.49 bits per heavy atom. The second-order valence-corrected chi connectivity index (χ2v) is 23.3. The van der Waals surface area contributed by atoms with Gasteiger partial charge in [0, 0.05) is 77.1 Å². The lowest BCUT2D eigenvalue weighted by Crippen LogP contribution is -2.45. The number of rotatable bonds is 40. The first kappa shape index (κ1) is 75.8. The van der Waals surface area contributed by atoms with Gasteiger partial charge in [-0.15, -0.1) is 0 Å². The number of phosphoric ester groups is 1. The number of nitrogens with two attached hydrogens (primary N) is 1. The number of esters is 1. The van der Waals surface area contributed by atoms with E-state index in [0.29, 0.717) is 24.1 Å². The van der Waals surface area contributed by atoms with Gasteiger partial charge < -0.3 is 79.9 Å². The van der Waals surface area contributed by atoms with Crippen LogP contribution in [0.3, 0.4) is 0 Å². The average molecular weight is 1390 g/mol. The van der Waals surface area contributed by atoms with Crippen LogP contribution in [0.5, 0.6) is 0 Å². The van der Waals surface area contributed by atoms with E-state index in [-0.39, 0.29) is 119 Å². The molecule has 0 radical (unpaired) electrons. The molecule has 31 heteroatoms. The number of primary amides is 1. The highest BCUT2D eigenvalue weighted by Gasteiger charge is 2.38. The number of likely N-dealkylation sites (N-methyl/N-ethyl adjacent to an activating group) is 2. The molecule has 2 aliphatic rings. The Balaban J connectivity index is 1.37. The molecule has 3 rings (SSSR count). The van der Waals surface area contributed by atoms with Gasteiger partial charge in [0.05, 0.1) is 58.3 Å². The lowest BCUT2D eigenvalue weighted by Gasteiger charge is -2.31. The maximum Gasteiger partial charge on any atom is 0.469 e. The number of halogens is 2. The van der Waals surface area contributed by atoms with E-state index in [4.69, 9.17) is 38.7 Å². The van der Waals surface area contributed by atoms with Crippen molar-refractivity contribution in [2.45, 2.75) is 95.9 Å². The first-order valence-corrected chi connectivity index (χ1v) is 31.1. The number of benzene rings is 1. The molecule has 2 heterocycles. The largest absolute Gasteiger partial charge is 0.469 e. The van der Waals surface area contributed by atoms with Crippen LogP contribution in [-0.2, 0) is 72.9 Å². The van der Waals surface area contributed by atoms with Gasteiger partial charge in [0.15, 0.2) is 5.78 Å². The molecule has 0 saturated carbocycles. The SMILES string of the molecule is CC(C)[C@H](NC(=O)CCOCCOCCOCCN1C(=O)C(Br)=C(Br)C1=O)C(=O)C[C@@H](CCCNC(N)=O)C(=O)Nc1ccc(COC(=O)N(C)CCN(C)C(=O)OC/C=C/C=C\C=C/[C@@H](O)C[C@H](OP(=O)(O)O)[C@@](C)(O)/C=C/[C@@H]2CC=CC(=O)O2)cc1. The number of nitrogens with zero attached hydrogens (tertiary/aromatic N) is 3. The number of carbonyl (C=O) groups is 9. The zero-order chi connectivity index (χ0) is 65.4. The van der Waals surface area contributed by atoms with Crippen molar-refractivity contribution in [1.82, 2.24) is 25.3 Å². The van der Waals surface area contributed by atoms with Crippen LogP contribution in [0, 0.1) is 11.8 Å². The van der Waals surface area contributed by atoms with Gasteiger partial charge in [0.25, 0.3) is 11.8 Å². The van der Waals surface area contributed by atoms with E-state index in [1.54, 1.807) is 56.3 Å². The molecule has 0 saturated heterocycles. The molecule has 488 valence electrons. The number of carbonyl (C=O) groups excluding carboxylic acids is 9. The fraction of sp³-hybridized carbons (Fsp3) is 0.526. The minimum Gasteiger partial charge on any atom is -0.455 e. The van der Waals surface area contributed by atoms with Crippen LogP contribution >= 0.6 is 39.7 Å². The van der Waals surface area contributed by atoms with Gasteiger partial charge in [-0.05, 0) is 87.4 Å². The minimum absolute atomic E-state index is 0.0475. The summed E-state index contributed by atoms with van der Waals surface area (Å²) in [5.41, 5.74) is 4.20. The lowest BCUT2D eigenvalue weighted by molar-refractivity contribution is -0.142. The van der Waals surface area contributed by atoms with Crippen LogP contribution in [0.25, 0.3) is 0 Å². The van der Waals surface area contributed by atoms with E-state index in [2.05, 4.69) is 47.8 Å². The van der Waals surface area contributed by atoms with Gasteiger partial charge in [-0.1, -0.05) is 68.5 Å². The molecule has 1 aromatic rings. The number of anilines is 1. The fourth-order valence-electron chi connectivity index (χ4n) is 7.97. The van der Waals surface area contributed by atoms with Crippen molar-refractivity contribution < 1.29 is 101 Å². The van der Waals surface area contributed by atoms with E-state index < -0.39 is 97.9 Å². The summed E-state index contributed by atoms with van der Waals surface area (Å²) in [4.78, 5) is 135. The summed E-state index contributed by atoms with van der Waals surface area (Å²) in [6.07, 6.45) is 9.51. The first-order chi connectivity index (χ1) is 41.6. The van der Waals surface area contributed by atoms with Crippen molar-refractivity contribution >= 4 is 99.0 Å². The number of ether oxygens (including phenoxy) is 6. The van der Waals surface area contributed by atoms with E-state index >= 15 is 0 Å². The van der Waals surface area contributed by atoms with Gasteiger partial charge in [0.1, 0.15) is 40.0 Å². The second-order valence-electron chi connectivity index (χ2n) is 20.5. The Labute approximate surface area is 527 Å². The number of nitrogens with one attached hydrogen (secondary N) is 3. The maximum absolute atomic E-state index is 13.7. The lowest BCUT2D eigenvalue weighted by atomic mass is 9.89. The predicted octanol–water partition coefficient (Wildman–Crippen LogP) is 4.31. The molecule has 88 heavy (non-hydrogen) atoms. The fourth-order valence-corrected chi connectivity index (χ4v) is 9.37. The number of phosphoric acid groups is 1. The smallest absolute Gasteiger partial charge is 0.455 e. The topological polar surface area (TPSA) is 388 Å². The molecular formula is C57H80Br2N7O21P.